The van der Waals surface area contributed by atoms with Crippen LogP contribution in [-0.2, 0) is 22.3 Å². The van der Waals surface area contributed by atoms with Crippen LogP contribution in [-0.4, -0.2) is 35.6 Å². The SMILES string of the molecule is Nc1cncc(C(=O)N[C@@]2(C(=O)NCc3ccc(Nc4ccccc4C(F)(F)F)cc3)CCOC2)c1. The fourth-order valence-corrected chi connectivity index (χ4v) is 3.82. The van der Waals surface area contributed by atoms with E-state index in [0.717, 1.165) is 11.6 Å². The molecule has 0 saturated carbocycles. The van der Waals surface area contributed by atoms with Crippen LogP contribution in [0, 0.1) is 0 Å². The molecule has 0 unspecified atom stereocenters. The number of para-hydroxylation sites is 1. The average Bonchev–Trinajstić information content (AvgIpc) is 3.33. The molecule has 1 aliphatic rings. The average molecular weight is 499 g/mol. The number of nitrogens with one attached hydrogen (secondary N) is 3. The van der Waals surface area contributed by atoms with Crippen LogP contribution < -0.4 is 21.7 Å². The second-order valence-corrected chi connectivity index (χ2v) is 8.39. The number of ether oxygens (including phenoxy) is 1. The van der Waals surface area contributed by atoms with Gasteiger partial charge in [0.15, 0.2) is 0 Å². The highest BCUT2D eigenvalue weighted by molar-refractivity contribution is 5.99. The van der Waals surface area contributed by atoms with E-state index in [1.54, 1.807) is 24.3 Å². The zero-order valence-electron chi connectivity index (χ0n) is 19.1. The van der Waals surface area contributed by atoms with Crippen molar-refractivity contribution in [2.24, 2.45) is 0 Å². The lowest BCUT2D eigenvalue weighted by Crippen LogP contribution is -2.59. The predicted molar refractivity (Wildman–Crippen MR) is 127 cm³/mol. The Kier molecular flexibility index (Phi) is 7.11. The minimum atomic E-state index is -4.48. The minimum Gasteiger partial charge on any atom is -0.397 e. The van der Waals surface area contributed by atoms with Gasteiger partial charge in [-0.05, 0) is 35.9 Å². The molecule has 0 radical (unpaired) electrons. The van der Waals surface area contributed by atoms with Crippen LogP contribution in [0.25, 0.3) is 0 Å². The third kappa shape index (κ3) is 5.74. The van der Waals surface area contributed by atoms with Gasteiger partial charge in [0.2, 0.25) is 5.91 Å². The molecule has 1 saturated heterocycles. The Balaban J connectivity index is 1.39. The van der Waals surface area contributed by atoms with Crippen LogP contribution in [0.3, 0.4) is 0 Å². The van der Waals surface area contributed by atoms with E-state index in [9.17, 15) is 22.8 Å². The lowest BCUT2D eigenvalue weighted by atomic mass is 9.96. The maximum Gasteiger partial charge on any atom is 0.418 e. The van der Waals surface area contributed by atoms with Gasteiger partial charge in [-0.1, -0.05) is 24.3 Å². The van der Waals surface area contributed by atoms with E-state index in [-0.39, 0.29) is 24.4 Å². The van der Waals surface area contributed by atoms with Crippen molar-refractivity contribution < 1.29 is 27.5 Å². The molecule has 11 heteroatoms. The standard InChI is InChI=1S/C25H24F3N5O3/c26-25(27,28)20-3-1-2-4-21(20)32-19-7-5-16(6-8-19)12-31-23(35)24(9-10-36-15-24)33-22(34)17-11-18(29)14-30-13-17/h1-8,11,13-14,32H,9-10,12,15,29H2,(H,31,35)(H,33,34)/t24-/m0/s1. The Morgan fingerprint density at radius 3 is 2.50 bits per heavy atom. The van der Waals surface area contributed by atoms with Gasteiger partial charge in [-0.2, -0.15) is 13.2 Å². The summed E-state index contributed by atoms with van der Waals surface area (Å²) in [5.74, 6) is -0.906. The van der Waals surface area contributed by atoms with Crippen LogP contribution >= 0.6 is 0 Å². The Morgan fingerprint density at radius 1 is 1.08 bits per heavy atom. The molecule has 3 aromatic rings. The summed E-state index contributed by atoms with van der Waals surface area (Å²) >= 11 is 0. The lowest BCUT2D eigenvalue weighted by Gasteiger charge is -2.27. The van der Waals surface area contributed by atoms with Crippen molar-refractivity contribution in [1.82, 2.24) is 15.6 Å². The number of halogens is 3. The van der Waals surface area contributed by atoms with E-state index < -0.39 is 29.1 Å². The lowest BCUT2D eigenvalue weighted by molar-refractivity contribution is -0.137. The molecule has 1 atom stereocenters. The molecule has 5 N–H and O–H groups in total. The molecule has 1 aromatic heterocycles. The number of hydrogen-bond donors (Lipinski definition) is 4. The molecule has 0 aliphatic carbocycles. The number of benzene rings is 2. The number of rotatable bonds is 7. The molecule has 4 rings (SSSR count). The molecule has 188 valence electrons. The van der Waals surface area contributed by atoms with Crippen LogP contribution in [0.5, 0.6) is 0 Å². The van der Waals surface area contributed by atoms with Crippen molar-refractivity contribution in [1.29, 1.82) is 0 Å². The summed E-state index contributed by atoms with van der Waals surface area (Å²) in [6.07, 6.45) is -1.42. The Morgan fingerprint density at radius 2 is 1.83 bits per heavy atom. The van der Waals surface area contributed by atoms with Crippen molar-refractivity contribution in [2.75, 3.05) is 24.3 Å². The fourth-order valence-electron chi connectivity index (χ4n) is 3.82. The Hall–Kier alpha value is -4.12. The summed E-state index contributed by atoms with van der Waals surface area (Å²) in [6.45, 7) is 0.472. The topological polar surface area (TPSA) is 118 Å². The van der Waals surface area contributed by atoms with E-state index in [1.807, 2.05) is 0 Å². The molecule has 8 nitrogen and oxygen atoms in total. The van der Waals surface area contributed by atoms with E-state index >= 15 is 0 Å². The summed E-state index contributed by atoms with van der Waals surface area (Å²) in [4.78, 5) is 29.6. The molecule has 2 heterocycles. The number of anilines is 3. The summed E-state index contributed by atoms with van der Waals surface area (Å²) < 4.78 is 45.1. The number of aromatic nitrogens is 1. The number of alkyl halides is 3. The van der Waals surface area contributed by atoms with Crippen molar-refractivity contribution in [3.05, 3.63) is 83.7 Å². The minimum absolute atomic E-state index is 0.0157. The number of carbonyl (C=O) groups is 2. The third-order valence-electron chi connectivity index (χ3n) is 5.75. The highest BCUT2D eigenvalue weighted by Crippen LogP contribution is 2.35. The van der Waals surface area contributed by atoms with Crippen LogP contribution in [0.15, 0.2) is 67.0 Å². The largest absolute Gasteiger partial charge is 0.418 e. The summed E-state index contributed by atoms with van der Waals surface area (Å²) in [5, 5.41) is 8.33. The zero-order chi connectivity index (χ0) is 25.8. The number of carbonyl (C=O) groups excluding carboxylic acids is 2. The Labute approximate surface area is 205 Å². The number of nitrogen functional groups attached to an aromatic ring is 1. The van der Waals surface area contributed by atoms with Crippen molar-refractivity contribution in [3.63, 3.8) is 0 Å². The molecule has 2 aromatic carbocycles. The van der Waals surface area contributed by atoms with E-state index in [4.69, 9.17) is 10.5 Å². The molecule has 2 amide bonds. The summed E-state index contributed by atoms with van der Waals surface area (Å²) in [7, 11) is 0. The van der Waals surface area contributed by atoms with Gasteiger partial charge < -0.3 is 26.4 Å². The van der Waals surface area contributed by atoms with Crippen molar-refractivity contribution in [3.8, 4) is 0 Å². The summed E-state index contributed by atoms with van der Waals surface area (Å²) in [6, 6.07) is 13.3. The number of amides is 2. The quantitative estimate of drug-likeness (QED) is 0.394. The van der Waals surface area contributed by atoms with Gasteiger partial charge in [-0.3, -0.25) is 14.6 Å². The molecule has 0 bridgehead atoms. The Bertz CT molecular complexity index is 1240. The first kappa shape index (κ1) is 25.0. The fraction of sp³-hybridized carbons (Fsp3) is 0.240. The van der Waals surface area contributed by atoms with E-state index in [2.05, 4.69) is 20.9 Å². The van der Waals surface area contributed by atoms with Gasteiger partial charge in [0.05, 0.1) is 29.1 Å². The monoisotopic (exact) mass is 499 g/mol. The second-order valence-electron chi connectivity index (χ2n) is 8.39. The van der Waals surface area contributed by atoms with Gasteiger partial charge in [0.25, 0.3) is 5.91 Å². The number of hydrogen-bond acceptors (Lipinski definition) is 6. The first-order valence-electron chi connectivity index (χ1n) is 11.1. The van der Waals surface area contributed by atoms with Gasteiger partial charge in [-0.25, -0.2) is 0 Å². The highest BCUT2D eigenvalue weighted by Gasteiger charge is 2.43. The van der Waals surface area contributed by atoms with Crippen LogP contribution in [0.1, 0.15) is 27.9 Å². The smallest absolute Gasteiger partial charge is 0.397 e. The molecular weight excluding hydrogens is 475 g/mol. The molecule has 0 spiro atoms. The van der Waals surface area contributed by atoms with E-state index in [0.29, 0.717) is 24.4 Å². The first-order valence-corrected chi connectivity index (χ1v) is 11.1. The van der Waals surface area contributed by atoms with Crippen LogP contribution in [0.2, 0.25) is 0 Å². The molecule has 1 fully saturated rings. The van der Waals surface area contributed by atoms with Gasteiger partial charge in [0, 0.05) is 37.7 Å². The third-order valence-corrected chi connectivity index (χ3v) is 5.75. The number of nitrogens with zero attached hydrogens (tertiary/aromatic N) is 1. The predicted octanol–water partition coefficient (Wildman–Crippen LogP) is 3.63. The van der Waals surface area contributed by atoms with Gasteiger partial charge in [-0.15, -0.1) is 0 Å². The van der Waals surface area contributed by atoms with Crippen molar-refractivity contribution >= 4 is 28.9 Å². The van der Waals surface area contributed by atoms with E-state index in [1.165, 1.54) is 36.7 Å². The number of pyridine rings is 1. The zero-order valence-corrected chi connectivity index (χ0v) is 19.1. The maximum absolute atomic E-state index is 13.2. The summed E-state index contributed by atoms with van der Waals surface area (Å²) in [5.41, 5.74) is 5.36. The van der Waals surface area contributed by atoms with Crippen molar-refractivity contribution in [2.45, 2.75) is 24.7 Å². The molecular formula is C25H24F3N5O3. The second kappa shape index (κ2) is 10.2. The highest BCUT2D eigenvalue weighted by atomic mass is 19.4. The van der Waals surface area contributed by atoms with Crippen LogP contribution in [0.4, 0.5) is 30.2 Å². The first-order chi connectivity index (χ1) is 17.2. The maximum atomic E-state index is 13.2. The van der Waals surface area contributed by atoms with Gasteiger partial charge in [0.1, 0.15) is 5.54 Å². The molecule has 1 aliphatic heterocycles. The normalized spacial score (nSPS) is 17.4. The van der Waals surface area contributed by atoms with Gasteiger partial charge >= 0.3 is 6.18 Å². The molecule has 36 heavy (non-hydrogen) atoms. The number of nitrogens with two attached hydrogens (primary N) is 1.